The van der Waals surface area contributed by atoms with Gasteiger partial charge < -0.3 is 21.7 Å². The van der Waals surface area contributed by atoms with Gasteiger partial charge in [-0.25, -0.2) is 4.79 Å². The predicted molar refractivity (Wildman–Crippen MR) is 51.0 cm³/mol. The zero-order chi connectivity index (χ0) is 10.7. The van der Waals surface area contributed by atoms with E-state index in [1.165, 1.54) is 12.1 Å². The Kier molecular flexibility index (Phi) is 3.06. The predicted octanol–water partition coefficient (Wildman–Crippen LogP) is 0.0489. The van der Waals surface area contributed by atoms with Crippen molar-refractivity contribution >= 4 is 5.97 Å². The molecule has 0 aliphatic heterocycles. The molecule has 14 heavy (non-hydrogen) atoms. The Hall–Kier alpha value is -1.59. The minimum atomic E-state index is -1.09. The number of hydrogen-bond acceptors (Lipinski definition) is 4. The summed E-state index contributed by atoms with van der Waals surface area (Å²) in [5.41, 5.74) is 11.4. The third-order valence-electron chi connectivity index (χ3n) is 1.93. The fourth-order valence-corrected chi connectivity index (χ4v) is 1.12. The number of phenols is 1. The Labute approximate surface area is 81.0 Å². The van der Waals surface area contributed by atoms with E-state index in [-0.39, 0.29) is 17.9 Å². The molecule has 5 nitrogen and oxygen atoms in total. The highest BCUT2D eigenvalue weighted by atomic mass is 16.4. The van der Waals surface area contributed by atoms with Gasteiger partial charge in [-0.05, 0) is 12.1 Å². The first-order valence-electron chi connectivity index (χ1n) is 4.08. The number of rotatable bonds is 3. The van der Waals surface area contributed by atoms with Crippen LogP contribution in [0.25, 0.3) is 0 Å². The second-order valence-corrected chi connectivity index (χ2v) is 2.92. The zero-order valence-electron chi connectivity index (χ0n) is 7.47. The van der Waals surface area contributed by atoms with Crippen LogP contribution in [0.2, 0.25) is 0 Å². The van der Waals surface area contributed by atoms with E-state index in [1.54, 1.807) is 0 Å². The molecule has 0 saturated heterocycles. The summed E-state index contributed by atoms with van der Waals surface area (Å²) in [4.78, 5) is 10.5. The van der Waals surface area contributed by atoms with Crippen LogP contribution >= 0.6 is 0 Å². The fourth-order valence-electron chi connectivity index (χ4n) is 1.12. The van der Waals surface area contributed by atoms with Crippen molar-refractivity contribution in [2.75, 3.05) is 6.54 Å². The van der Waals surface area contributed by atoms with E-state index in [4.69, 9.17) is 16.6 Å². The van der Waals surface area contributed by atoms with Crippen molar-refractivity contribution in [3.63, 3.8) is 0 Å². The van der Waals surface area contributed by atoms with Gasteiger partial charge in [-0.15, -0.1) is 0 Å². The lowest BCUT2D eigenvalue weighted by Gasteiger charge is -2.11. The molecule has 1 rings (SSSR count). The van der Waals surface area contributed by atoms with Gasteiger partial charge in [0.1, 0.15) is 5.75 Å². The van der Waals surface area contributed by atoms with E-state index in [1.807, 2.05) is 0 Å². The monoisotopic (exact) mass is 196 g/mol. The average molecular weight is 196 g/mol. The van der Waals surface area contributed by atoms with Gasteiger partial charge >= 0.3 is 5.97 Å². The van der Waals surface area contributed by atoms with Crippen LogP contribution in [0.3, 0.4) is 0 Å². The number of carboxylic acid groups (broad SMARTS) is 1. The minimum Gasteiger partial charge on any atom is -0.508 e. The molecule has 0 saturated carbocycles. The quantitative estimate of drug-likeness (QED) is 0.546. The molecular weight excluding hydrogens is 184 g/mol. The molecule has 0 aromatic heterocycles. The van der Waals surface area contributed by atoms with Crippen molar-refractivity contribution in [3.8, 4) is 5.75 Å². The number of carboxylic acids is 1. The van der Waals surface area contributed by atoms with Crippen LogP contribution in [-0.2, 0) is 0 Å². The number of phenolic OH excluding ortho intramolecular Hbond substituents is 1. The van der Waals surface area contributed by atoms with Crippen LogP contribution in [0.15, 0.2) is 18.2 Å². The third kappa shape index (κ3) is 2.01. The number of benzene rings is 1. The van der Waals surface area contributed by atoms with E-state index < -0.39 is 12.0 Å². The molecule has 0 aliphatic rings. The normalized spacial score (nSPS) is 12.4. The SMILES string of the molecule is NC[C@@H](N)c1ccc(C(=O)O)cc1O. The first-order chi connectivity index (χ1) is 6.56. The summed E-state index contributed by atoms with van der Waals surface area (Å²) in [6, 6.07) is 3.54. The molecule has 0 amide bonds. The molecule has 0 heterocycles. The van der Waals surface area contributed by atoms with Gasteiger partial charge in [0.05, 0.1) is 5.56 Å². The van der Waals surface area contributed by atoms with E-state index in [0.717, 1.165) is 6.07 Å². The van der Waals surface area contributed by atoms with Gasteiger partial charge in [-0.3, -0.25) is 0 Å². The first-order valence-corrected chi connectivity index (χ1v) is 4.08. The number of nitrogens with two attached hydrogens (primary N) is 2. The van der Waals surface area contributed by atoms with Crippen molar-refractivity contribution in [2.24, 2.45) is 11.5 Å². The van der Waals surface area contributed by atoms with E-state index in [9.17, 15) is 9.90 Å². The van der Waals surface area contributed by atoms with Crippen molar-refractivity contribution in [1.29, 1.82) is 0 Å². The van der Waals surface area contributed by atoms with Crippen LogP contribution in [0.4, 0.5) is 0 Å². The number of hydrogen-bond donors (Lipinski definition) is 4. The molecule has 1 aromatic rings. The smallest absolute Gasteiger partial charge is 0.335 e. The highest BCUT2D eigenvalue weighted by Crippen LogP contribution is 2.23. The number of carbonyl (C=O) groups is 1. The van der Waals surface area contributed by atoms with Crippen LogP contribution in [0.5, 0.6) is 5.75 Å². The Morgan fingerprint density at radius 1 is 1.50 bits per heavy atom. The molecule has 1 atom stereocenters. The van der Waals surface area contributed by atoms with E-state index in [2.05, 4.69) is 0 Å². The second-order valence-electron chi connectivity index (χ2n) is 2.92. The highest BCUT2D eigenvalue weighted by molar-refractivity contribution is 5.88. The molecule has 1 aromatic carbocycles. The van der Waals surface area contributed by atoms with Gasteiger partial charge in [0.15, 0.2) is 0 Å². The van der Waals surface area contributed by atoms with E-state index in [0.29, 0.717) is 5.56 Å². The summed E-state index contributed by atoms with van der Waals surface area (Å²) in [6.07, 6.45) is 0. The maximum absolute atomic E-state index is 10.5. The van der Waals surface area contributed by atoms with Crippen LogP contribution < -0.4 is 11.5 Å². The number of aromatic hydroxyl groups is 1. The maximum atomic E-state index is 10.5. The zero-order valence-corrected chi connectivity index (χ0v) is 7.47. The van der Waals surface area contributed by atoms with Gasteiger partial charge in [0.25, 0.3) is 0 Å². The Morgan fingerprint density at radius 3 is 2.57 bits per heavy atom. The lowest BCUT2D eigenvalue weighted by molar-refractivity contribution is 0.0696. The van der Waals surface area contributed by atoms with E-state index >= 15 is 0 Å². The Balaban J connectivity index is 3.07. The van der Waals surface area contributed by atoms with Crippen molar-refractivity contribution in [1.82, 2.24) is 0 Å². The van der Waals surface area contributed by atoms with Crippen molar-refractivity contribution in [3.05, 3.63) is 29.3 Å². The molecule has 0 bridgehead atoms. The molecule has 0 aliphatic carbocycles. The van der Waals surface area contributed by atoms with Crippen molar-refractivity contribution in [2.45, 2.75) is 6.04 Å². The largest absolute Gasteiger partial charge is 0.508 e. The summed E-state index contributed by atoms with van der Waals surface area (Å²) in [5.74, 6) is -1.23. The molecule has 5 heteroatoms. The Morgan fingerprint density at radius 2 is 2.14 bits per heavy atom. The highest BCUT2D eigenvalue weighted by Gasteiger charge is 2.11. The molecule has 0 radical (unpaired) electrons. The summed E-state index contributed by atoms with van der Waals surface area (Å²) in [6.45, 7) is 0.194. The van der Waals surface area contributed by atoms with Gasteiger partial charge in [0, 0.05) is 18.2 Å². The second kappa shape index (κ2) is 4.08. The van der Waals surface area contributed by atoms with Crippen LogP contribution in [0.1, 0.15) is 22.0 Å². The fraction of sp³-hybridized carbons (Fsp3) is 0.222. The van der Waals surface area contributed by atoms with Gasteiger partial charge in [-0.2, -0.15) is 0 Å². The lowest BCUT2D eigenvalue weighted by Crippen LogP contribution is -2.20. The van der Waals surface area contributed by atoms with Crippen LogP contribution in [-0.4, -0.2) is 22.7 Å². The topological polar surface area (TPSA) is 110 Å². The number of aromatic carboxylic acids is 1. The molecule has 76 valence electrons. The Bertz CT molecular complexity index is 352. The summed E-state index contributed by atoms with van der Waals surface area (Å²) in [7, 11) is 0. The summed E-state index contributed by atoms with van der Waals surface area (Å²) in [5, 5.41) is 18.1. The van der Waals surface area contributed by atoms with Crippen LogP contribution in [0, 0.1) is 0 Å². The van der Waals surface area contributed by atoms with Crippen molar-refractivity contribution < 1.29 is 15.0 Å². The summed E-state index contributed by atoms with van der Waals surface area (Å²) >= 11 is 0. The van der Waals surface area contributed by atoms with Gasteiger partial charge in [0.2, 0.25) is 0 Å². The summed E-state index contributed by atoms with van der Waals surface area (Å²) < 4.78 is 0. The standard InChI is InChI=1S/C9H12N2O3/c10-4-7(11)6-2-1-5(9(13)14)3-8(6)12/h1-3,7,12H,4,10-11H2,(H,13,14)/t7-/m1/s1. The lowest BCUT2D eigenvalue weighted by atomic mass is 10.0. The molecular formula is C9H12N2O3. The maximum Gasteiger partial charge on any atom is 0.335 e. The first kappa shape index (κ1) is 10.5. The molecule has 0 spiro atoms. The third-order valence-corrected chi connectivity index (χ3v) is 1.93. The molecule has 6 N–H and O–H groups in total. The molecule has 0 unspecified atom stereocenters. The molecule has 0 fully saturated rings. The average Bonchev–Trinajstić information content (AvgIpc) is 2.16. The van der Waals surface area contributed by atoms with Gasteiger partial charge in [-0.1, -0.05) is 6.07 Å². The minimum absolute atomic E-state index is 0.0236.